The van der Waals surface area contributed by atoms with E-state index in [1.807, 2.05) is 6.92 Å². The van der Waals surface area contributed by atoms with Gasteiger partial charge in [-0.2, -0.15) is 0 Å². The molecule has 0 aliphatic rings. The summed E-state index contributed by atoms with van der Waals surface area (Å²) in [5.74, 6) is -0.435. The summed E-state index contributed by atoms with van der Waals surface area (Å²) in [7, 11) is 0. The molecular formula is C10H20O3. The van der Waals surface area contributed by atoms with Crippen LogP contribution in [0.25, 0.3) is 0 Å². The highest BCUT2D eigenvalue weighted by Crippen LogP contribution is 2.21. The lowest BCUT2D eigenvalue weighted by Gasteiger charge is -2.19. The molecule has 0 aromatic rings. The zero-order valence-electron chi connectivity index (χ0n) is 8.14. The highest BCUT2D eigenvalue weighted by atomic mass is 16.5. The molecule has 3 nitrogen and oxygen atoms in total. The molecule has 0 saturated heterocycles. The summed E-state index contributed by atoms with van der Waals surface area (Å²) >= 11 is 0. The van der Waals surface area contributed by atoms with Gasteiger partial charge in [0.25, 0.3) is 0 Å². The number of Topliss-reactive ketones (excluding diaryl/α,β-unsaturated/α-hetero) is 1. The Morgan fingerprint density at radius 2 is 1.77 bits per heavy atom. The molecule has 0 rings (SSSR count). The Balaban J connectivity index is 0. The zero-order chi connectivity index (χ0) is 9.78. The average molecular weight is 188 g/mol. The number of ether oxygens (including phenoxy) is 1. The predicted octanol–water partition coefficient (Wildman–Crippen LogP) is 2.19. The maximum atomic E-state index is 11.2. The molecule has 0 aromatic heterocycles. The summed E-state index contributed by atoms with van der Waals surface area (Å²) in [6, 6.07) is 0. The second-order valence-corrected chi connectivity index (χ2v) is 3.52. The van der Waals surface area contributed by atoms with Crippen molar-refractivity contribution < 1.29 is 14.3 Å². The molecule has 0 aromatic carbocycles. The van der Waals surface area contributed by atoms with Gasteiger partial charge in [0.2, 0.25) is 0 Å². The van der Waals surface area contributed by atoms with Crippen molar-refractivity contribution in [3.8, 4) is 0 Å². The highest BCUT2D eigenvalue weighted by molar-refractivity contribution is 5.82. The van der Waals surface area contributed by atoms with Crippen LogP contribution in [0.4, 0.5) is 0 Å². The largest absolute Gasteiger partial charge is 0.457 e. The fraction of sp³-hybridized carbons (Fsp3) is 0.800. The van der Waals surface area contributed by atoms with E-state index in [2.05, 4.69) is 0 Å². The molecule has 0 atom stereocenters. The third-order valence-corrected chi connectivity index (χ3v) is 1.84. The van der Waals surface area contributed by atoms with Gasteiger partial charge < -0.3 is 4.74 Å². The minimum Gasteiger partial charge on any atom is -0.457 e. The second-order valence-electron chi connectivity index (χ2n) is 3.52. The molecule has 0 spiro atoms. The number of carbonyl (C=O) groups excluding carboxylic acids is 2. The minimum absolute atomic E-state index is 0. The Morgan fingerprint density at radius 3 is 2.08 bits per heavy atom. The Morgan fingerprint density at radius 1 is 1.31 bits per heavy atom. The Kier molecular flexibility index (Phi) is 6.46. The summed E-state index contributed by atoms with van der Waals surface area (Å²) in [4.78, 5) is 21.7. The standard InChI is InChI=1S/C9H16O3.CH4/c1-5-9(3,4)8(11)12-6-7(2)10;/h5-6H2,1-4H3;1H4. The number of hydrogen-bond acceptors (Lipinski definition) is 3. The summed E-state index contributed by atoms with van der Waals surface area (Å²) in [6.07, 6.45) is 0.712. The van der Waals surface area contributed by atoms with E-state index in [4.69, 9.17) is 4.74 Å². The Bertz CT molecular complexity index is 183. The minimum atomic E-state index is -0.477. The quantitative estimate of drug-likeness (QED) is 0.635. The van der Waals surface area contributed by atoms with Crippen LogP contribution in [-0.2, 0) is 14.3 Å². The summed E-state index contributed by atoms with van der Waals surface area (Å²) in [5, 5.41) is 0. The van der Waals surface area contributed by atoms with Crippen molar-refractivity contribution in [2.24, 2.45) is 5.41 Å². The fourth-order valence-corrected chi connectivity index (χ4v) is 0.507. The van der Waals surface area contributed by atoms with E-state index in [1.54, 1.807) is 13.8 Å². The van der Waals surface area contributed by atoms with Gasteiger partial charge in [0, 0.05) is 0 Å². The molecule has 0 bridgehead atoms. The summed E-state index contributed by atoms with van der Waals surface area (Å²) in [6.45, 7) is 6.80. The molecule has 0 heterocycles. The smallest absolute Gasteiger partial charge is 0.311 e. The van der Waals surface area contributed by atoms with E-state index in [9.17, 15) is 9.59 Å². The molecule has 78 valence electrons. The van der Waals surface area contributed by atoms with E-state index in [-0.39, 0.29) is 25.8 Å². The van der Waals surface area contributed by atoms with E-state index < -0.39 is 5.41 Å². The average Bonchev–Trinajstić information content (AvgIpc) is 2.00. The highest BCUT2D eigenvalue weighted by Gasteiger charge is 2.27. The van der Waals surface area contributed by atoms with Crippen LogP contribution in [0.3, 0.4) is 0 Å². The molecule has 0 radical (unpaired) electrons. The van der Waals surface area contributed by atoms with Crippen molar-refractivity contribution in [3.05, 3.63) is 0 Å². The van der Waals surface area contributed by atoms with Crippen molar-refractivity contribution in [3.63, 3.8) is 0 Å². The van der Waals surface area contributed by atoms with E-state index in [0.29, 0.717) is 6.42 Å². The van der Waals surface area contributed by atoms with Gasteiger partial charge in [-0.25, -0.2) is 0 Å². The van der Waals surface area contributed by atoms with Crippen LogP contribution in [0.2, 0.25) is 0 Å². The van der Waals surface area contributed by atoms with Gasteiger partial charge >= 0.3 is 5.97 Å². The Hall–Kier alpha value is -0.860. The number of hydrogen-bond donors (Lipinski definition) is 0. The van der Waals surface area contributed by atoms with Gasteiger partial charge in [0.15, 0.2) is 5.78 Å². The first-order valence-electron chi connectivity index (χ1n) is 4.07. The summed E-state index contributed by atoms with van der Waals surface area (Å²) < 4.78 is 4.77. The van der Waals surface area contributed by atoms with Gasteiger partial charge in [-0.15, -0.1) is 0 Å². The molecule has 0 saturated carbocycles. The second kappa shape index (κ2) is 5.73. The van der Waals surface area contributed by atoms with Gasteiger partial charge in [0.05, 0.1) is 5.41 Å². The van der Waals surface area contributed by atoms with Crippen LogP contribution in [0.5, 0.6) is 0 Å². The Labute approximate surface area is 80.5 Å². The number of ketones is 1. The summed E-state index contributed by atoms with van der Waals surface area (Å²) in [5.41, 5.74) is -0.477. The lowest BCUT2D eigenvalue weighted by Crippen LogP contribution is -2.27. The third-order valence-electron chi connectivity index (χ3n) is 1.84. The van der Waals surface area contributed by atoms with E-state index in [1.165, 1.54) is 6.92 Å². The number of carbonyl (C=O) groups is 2. The predicted molar refractivity (Wildman–Crippen MR) is 52.4 cm³/mol. The first-order chi connectivity index (χ1) is 5.40. The zero-order valence-corrected chi connectivity index (χ0v) is 8.14. The molecule has 0 amide bonds. The van der Waals surface area contributed by atoms with Crippen molar-refractivity contribution in [2.75, 3.05) is 6.61 Å². The molecule has 0 fully saturated rings. The molecule has 13 heavy (non-hydrogen) atoms. The van der Waals surface area contributed by atoms with Crippen molar-refractivity contribution >= 4 is 11.8 Å². The number of esters is 1. The fourth-order valence-electron chi connectivity index (χ4n) is 0.507. The normalized spacial score (nSPS) is 10.2. The van der Waals surface area contributed by atoms with Crippen LogP contribution in [0.1, 0.15) is 41.5 Å². The topological polar surface area (TPSA) is 43.4 Å². The molecule has 0 aliphatic carbocycles. The SMILES string of the molecule is C.CCC(C)(C)C(=O)OCC(C)=O. The lowest BCUT2D eigenvalue weighted by molar-refractivity contribution is -0.156. The van der Waals surface area contributed by atoms with E-state index in [0.717, 1.165) is 0 Å². The van der Waals surface area contributed by atoms with Gasteiger partial charge in [-0.3, -0.25) is 9.59 Å². The number of rotatable bonds is 4. The van der Waals surface area contributed by atoms with Gasteiger partial charge in [-0.1, -0.05) is 14.4 Å². The molecule has 3 heteroatoms. The van der Waals surface area contributed by atoms with E-state index >= 15 is 0 Å². The van der Waals surface area contributed by atoms with Gasteiger partial charge in [-0.05, 0) is 27.2 Å². The third kappa shape index (κ3) is 5.39. The maximum Gasteiger partial charge on any atom is 0.311 e. The van der Waals surface area contributed by atoms with Crippen LogP contribution in [0.15, 0.2) is 0 Å². The van der Waals surface area contributed by atoms with Crippen LogP contribution in [0, 0.1) is 5.41 Å². The first kappa shape index (κ1) is 14.7. The van der Waals surface area contributed by atoms with Crippen LogP contribution < -0.4 is 0 Å². The van der Waals surface area contributed by atoms with Crippen molar-refractivity contribution in [2.45, 2.75) is 41.5 Å². The molecule has 0 aliphatic heterocycles. The van der Waals surface area contributed by atoms with Gasteiger partial charge in [0.1, 0.15) is 6.61 Å². The van der Waals surface area contributed by atoms with Crippen LogP contribution >= 0.6 is 0 Å². The van der Waals surface area contributed by atoms with Crippen molar-refractivity contribution in [1.82, 2.24) is 0 Å². The molecular weight excluding hydrogens is 168 g/mol. The first-order valence-corrected chi connectivity index (χ1v) is 4.07. The molecule has 0 unspecified atom stereocenters. The lowest BCUT2D eigenvalue weighted by atomic mass is 9.91. The maximum absolute atomic E-state index is 11.2. The monoisotopic (exact) mass is 188 g/mol. The molecule has 0 N–H and O–H groups in total. The van der Waals surface area contributed by atoms with Crippen LogP contribution in [-0.4, -0.2) is 18.4 Å². The van der Waals surface area contributed by atoms with Crippen molar-refractivity contribution in [1.29, 1.82) is 0 Å².